The number of nitrogens with zero attached hydrogens (tertiary/aromatic N) is 2. The van der Waals surface area contributed by atoms with E-state index in [2.05, 4.69) is 59.7 Å². The lowest BCUT2D eigenvalue weighted by atomic mass is 9.95. The SMILES string of the molecule is CCNC(=NCC1(NC(C)c2ccccc2)CCCC1)N1CCC(COCCOC)C1.I. The van der Waals surface area contributed by atoms with Gasteiger partial charge in [-0.05, 0) is 38.7 Å². The summed E-state index contributed by atoms with van der Waals surface area (Å²) in [5, 5.41) is 7.50. The number of nitrogens with one attached hydrogen (secondary N) is 2. The van der Waals surface area contributed by atoms with E-state index in [4.69, 9.17) is 14.5 Å². The molecule has 2 aliphatic rings. The Morgan fingerprint density at radius 1 is 1.22 bits per heavy atom. The molecule has 0 spiro atoms. The molecule has 1 aliphatic heterocycles. The lowest BCUT2D eigenvalue weighted by Gasteiger charge is -2.33. The first-order chi connectivity index (χ1) is 15.2. The van der Waals surface area contributed by atoms with Crippen LogP contribution in [0.1, 0.15) is 57.6 Å². The molecular formula is C25H43IN4O2. The van der Waals surface area contributed by atoms with Gasteiger partial charge in [0, 0.05) is 44.2 Å². The molecule has 6 nitrogen and oxygen atoms in total. The van der Waals surface area contributed by atoms with E-state index in [0.29, 0.717) is 25.2 Å². The molecule has 1 aromatic rings. The predicted molar refractivity (Wildman–Crippen MR) is 143 cm³/mol. The summed E-state index contributed by atoms with van der Waals surface area (Å²) >= 11 is 0. The van der Waals surface area contributed by atoms with Gasteiger partial charge in [-0.1, -0.05) is 43.2 Å². The van der Waals surface area contributed by atoms with Gasteiger partial charge in [0.15, 0.2) is 5.96 Å². The van der Waals surface area contributed by atoms with Gasteiger partial charge in [0.05, 0.1) is 26.4 Å². The van der Waals surface area contributed by atoms with Crippen LogP contribution in [-0.4, -0.2) is 69.5 Å². The number of aliphatic imine (C=N–C) groups is 1. The Hall–Kier alpha value is -0.900. The third-order valence-corrected chi connectivity index (χ3v) is 6.62. The van der Waals surface area contributed by atoms with E-state index >= 15 is 0 Å². The van der Waals surface area contributed by atoms with E-state index in [1.807, 2.05) is 0 Å². The number of rotatable bonds is 11. The maximum Gasteiger partial charge on any atom is 0.193 e. The Kier molecular flexibility index (Phi) is 12.3. The molecule has 1 saturated carbocycles. The molecule has 1 aliphatic carbocycles. The van der Waals surface area contributed by atoms with Crippen LogP contribution in [-0.2, 0) is 9.47 Å². The predicted octanol–water partition coefficient (Wildman–Crippen LogP) is 4.22. The van der Waals surface area contributed by atoms with E-state index in [1.54, 1.807) is 7.11 Å². The fourth-order valence-corrected chi connectivity index (χ4v) is 4.89. The van der Waals surface area contributed by atoms with Crippen LogP contribution in [0.25, 0.3) is 0 Å². The fourth-order valence-electron chi connectivity index (χ4n) is 4.89. The molecule has 182 valence electrons. The summed E-state index contributed by atoms with van der Waals surface area (Å²) in [5.74, 6) is 1.62. The van der Waals surface area contributed by atoms with Gasteiger partial charge in [0.2, 0.25) is 0 Å². The molecule has 0 bridgehead atoms. The van der Waals surface area contributed by atoms with Crippen LogP contribution >= 0.6 is 24.0 Å². The fraction of sp³-hybridized carbons (Fsp3) is 0.720. The molecule has 2 atom stereocenters. The first kappa shape index (κ1) is 27.3. The number of hydrogen-bond donors (Lipinski definition) is 2. The van der Waals surface area contributed by atoms with Gasteiger partial charge < -0.3 is 25.0 Å². The largest absolute Gasteiger partial charge is 0.382 e. The number of hydrogen-bond acceptors (Lipinski definition) is 4. The molecule has 2 unspecified atom stereocenters. The molecule has 3 rings (SSSR count). The highest BCUT2D eigenvalue weighted by atomic mass is 127. The highest BCUT2D eigenvalue weighted by Gasteiger charge is 2.35. The Balaban J connectivity index is 0.00000363. The number of benzene rings is 1. The van der Waals surface area contributed by atoms with Crippen LogP contribution in [0.2, 0.25) is 0 Å². The van der Waals surface area contributed by atoms with Crippen molar-refractivity contribution < 1.29 is 9.47 Å². The number of methoxy groups -OCH3 is 1. The summed E-state index contributed by atoms with van der Waals surface area (Å²) < 4.78 is 10.8. The molecule has 2 fully saturated rings. The summed E-state index contributed by atoms with van der Waals surface area (Å²) in [4.78, 5) is 7.56. The van der Waals surface area contributed by atoms with E-state index < -0.39 is 0 Å². The summed E-state index contributed by atoms with van der Waals surface area (Å²) in [7, 11) is 1.71. The second-order valence-electron chi connectivity index (χ2n) is 9.10. The Labute approximate surface area is 211 Å². The second kappa shape index (κ2) is 14.4. The normalized spacial score (nSPS) is 21.4. The van der Waals surface area contributed by atoms with Crippen LogP contribution in [0.4, 0.5) is 0 Å². The highest BCUT2D eigenvalue weighted by molar-refractivity contribution is 14.0. The van der Waals surface area contributed by atoms with E-state index in [1.165, 1.54) is 31.2 Å². The zero-order valence-electron chi connectivity index (χ0n) is 20.1. The molecule has 1 aromatic carbocycles. The molecule has 0 amide bonds. The third-order valence-electron chi connectivity index (χ3n) is 6.62. The van der Waals surface area contributed by atoms with Crippen molar-refractivity contribution in [1.82, 2.24) is 15.5 Å². The standard InChI is InChI=1S/C25H42N4O2.HI/c1-4-26-24(29-15-12-22(18-29)19-31-17-16-30-3)27-20-25(13-8-9-14-25)28-21(2)23-10-6-5-7-11-23;/h5-7,10-11,21-22,28H,4,8-9,12-20H2,1-3H3,(H,26,27);1H. The topological polar surface area (TPSA) is 58.1 Å². The average Bonchev–Trinajstić information content (AvgIpc) is 3.45. The zero-order chi connectivity index (χ0) is 21.9. The summed E-state index contributed by atoms with van der Waals surface area (Å²) in [6.07, 6.45) is 6.12. The van der Waals surface area contributed by atoms with E-state index in [0.717, 1.165) is 45.2 Å². The van der Waals surface area contributed by atoms with Crippen molar-refractivity contribution in [3.63, 3.8) is 0 Å². The van der Waals surface area contributed by atoms with Crippen molar-refractivity contribution in [3.8, 4) is 0 Å². The van der Waals surface area contributed by atoms with Gasteiger partial charge in [-0.2, -0.15) is 0 Å². The Bertz CT molecular complexity index is 667. The van der Waals surface area contributed by atoms with Crippen LogP contribution in [0.5, 0.6) is 0 Å². The average molecular weight is 559 g/mol. The van der Waals surface area contributed by atoms with Gasteiger partial charge in [-0.15, -0.1) is 24.0 Å². The Morgan fingerprint density at radius 2 is 1.97 bits per heavy atom. The maximum atomic E-state index is 5.77. The van der Waals surface area contributed by atoms with E-state index in [-0.39, 0.29) is 29.5 Å². The molecule has 0 aromatic heterocycles. The van der Waals surface area contributed by atoms with Crippen molar-refractivity contribution in [2.75, 3.05) is 53.1 Å². The molecule has 2 N–H and O–H groups in total. The second-order valence-corrected chi connectivity index (χ2v) is 9.10. The monoisotopic (exact) mass is 558 g/mol. The number of guanidine groups is 1. The van der Waals surface area contributed by atoms with Crippen molar-refractivity contribution in [2.24, 2.45) is 10.9 Å². The van der Waals surface area contributed by atoms with E-state index in [9.17, 15) is 0 Å². The maximum absolute atomic E-state index is 5.77. The van der Waals surface area contributed by atoms with Crippen LogP contribution in [0.3, 0.4) is 0 Å². The minimum absolute atomic E-state index is 0. The molecular weight excluding hydrogens is 515 g/mol. The van der Waals surface area contributed by atoms with Gasteiger partial charge in [0.25, 0.3) is 0 Å². The minimum atomic E-state index is 0. The summed E-state index contributed by atoms with van der Waals surface area (Å²) in [5.41, 5.74) is 1.44. The Morgan fingerprint density at radius 3 is 2.66 bits per heavy atom. The van der Waals surface area contributed by atoms with Crippen molar-refractivity contribution in [1.29, 1.82) is 0 Å². The summed E-state index contributed by atoms with van der Waals surface area (Å²) in [6, 6.07) is 11.1. The molecule has 7 heteroatoms. The highest BCUT2D eigenvalue weighted by Crippen LogP contribution is 2.33. The van der Waals surface area contributed by atoms with Gasteiger partial charge >= 0.3 is 0 Å². The minimum Gasteiger partial charge on any atom is -0.382 e. The van der Waals surface area contributed by atoms with Crippen molar-refractivity contribution in [3.05, 3.63) is 35.9 Å². The third kappa shape index (κ3) is 8.15. The van der Waals surface area contributed by atoms with Crippen LogP contribution in [0.15, 0.2) is 35.3 Å². The first-order valence-corrected chi connectivity index (χ1v) is 12.1. The number of likely N-dealkylation sites (tertiary alicyclic amines) is 1. The lowest BCUT2D eigenvalue weighted by molar-refractivity contribution is 0.0536. The van der Waals surface area contributed by atoms with Crippen molar-refractivity contribution in [2.45, 2.75) is 57.5 Å². The van der Waals surface area contributed by atoms with Gasteiger partial charge in [-0.3, -0.25) is 4.99 Å². The van der Waals surface area contributed by atoms with Gasteiger partial charge in [-0.25, -0.2) is 0 Å². The van der Waals surface area contributed by atoms with Crippen LogP contribution < -0.4 is 10.6 Å². The summed E-state index contributed by atoms with van der Waals surface area (Å²) in [6.45, 7) is 10.4. The zero-order valence-corrected chi connectivity index (χ0v) is 22.5. The van der Waals surface area contributed by atoms with Crippen LogP contribution in [0, 0.1) is 5.92 Å². The molecule has 1 saturated heterocycles. The van der Waals surface area contributed by atoms with Crippen molar-refractivity contribution >= 4 is 29.9 Å². The first-order valence-electron chi connectivity index (χ1n) is 12.1. The number of halogens is 1. The molecule has 1 heterocycles. The number of ether oxygens (including phenoxy) is 2. The lowest BCUT2D eigenvalue weighted by Crippen LogP contribution is -2.48. The van der Waals surface area contributed by atoms with Gasteiger partial charge in [0.1, 0.15) is 0 Å². The molecule has 32 heavy (non-hydrogen) atoms. The molecule has 0 radical (unpaired) electrons. The smallest absolute Gasteiger partial charge is 0.193 e. The quantitative estimate of drug-likeness (QED) is 0.185.